The van der Waals surface area contributed by atoms with E-state index in [2.05, 4.69) is 20.6 Å². The third-order valence-electron chi connectivity index (χ3n) is 3.42. The van der Waals surface area contributed by atoms with Crippen molar-refractivity contribution in [2.24, 2.45) is 0 Å². The third kappa shape index (κ3) is 5.16. The first-order valence-corrected chi connectivity index (χ1v) is 8.83. The molecule has 0 spiro atoms. The number of rotatable bonds is 6. The van der Waals surface area contributed by atoms with Crippen LogP contribution in [-0.2, 0) is 4.79 Å². The summed E-state index contributed by atoms with van der Waals surface area (Å²) >= 11 is 1.35. The van der Waals surface area contributed by atoms with E-state index in [9.17, 15) is 18.8 Å². The predicted octanol–water partition coefficient (Wildman–Crippen LogP) is 3.01. The largest absolute Gasteiger partial charge is 0.314 e. The molecule has 0 saturated heterocycles. The van der Waals surface area contributed by atoms with Crippen LogP contribution < -0.4 is 16.2 Å². The fraction of sp³-hybridized carbons (Fsp3) is 0.294. The molecule has 2 rings (SSSR count). The Bertz CT molecular complexity index is 867. The molecule has 1 aromatic carbocycles. The lowest BCUT2D eigenvalue weighted by Gasteiger charge is -2.13. The van der Waals surface area contributed by atoms with Crippen LogP contribution in [0.2, 0.25) is 0 Å². The monoisotopic (exact) mass is 378 g/mol. The molecular formula is C17H19FN4O3S. The second-order valence-corrected chi connectivity index (χ2v) is 7.00. The lowest BCUT2D eigenvalue weighted by Crippen LogP contribution is -2.24. The van der Waals surface area contributed by atoms with E-state index < -0.39 is 23.2 Å². The van der Waals surface area contributed by atoms with E-state index >= 15 is 0 Å². The Morgan fingerprint density at radius 2 is 1.92 bits per heavy atom. The Hall–Kier alpha value is -2.68. The number of amides is 2. The van der Waals surface area contributed by atoms with E-state index in [-0.39, 0.29) is 22.3 Å². The van der Waals surface area contributed by atoms with Crippen molar-refractivity contribution in [2.45, 2.75) is 37.6 Å². The molecule has 0 radical (unpaired) electrons. The quantitative estimate of drug-likeness (QED) is 0.529. The minimum absolute atomic E-state index is 0.0393. The maximum Gasteiger partial charge on any atom is 0.277 e. The SMILES string of the molecule is CC[C@H](C)Sc1nc(NC(C)=O)c(NC(=O)c2ccc(F)cc2)c(=O)[nH]1. The number of hydrogen-bond acceptors (Lipinski definition) is 5. The van der Waals surface area contributed by atoms with Crippen molar-refractivity contribution >= 4 is 35.1 Å². The molecule has 3 N–H and O–H groups in total. The maximum atomic E-state index is 13.0. The second-order valence-electron chi connectivity index (χ2n) is 5.57. The number of nitrogens with one attached hydrogen (secondary N) is 3. The highest BCUT2D eigenvalue weighted by Crippen LogP contribution is 2.24. The molecule has 0 aliphatic heterocycles. The third-order valence-corrected chi connectivity index (χ3v) is 4.58. The summed E-state index contributed by atoms with van der Waals surface area (Å²) < 4.78 is 13.0. The number of aromatic nitrogens is 2. The number of aromatic amines is 1. The van der Waals surface area contributed by atoms with E-state index in [4.69, 9.17) is 0 Å². The number of H-pyrrole nitrogens is 1. The van der Waals surface area contributed by atoms with Crippen LogP contribution in [0.25, 0.3) is 0 Å². The van der Waals surface area contributed by atoms with Gasteiger partial charge >= 0.3 is 0 Å². The van der Waals surface area contributed by atoms with Crippen LogP contribution >= 0.6 is 11.8 Å². The average Bonchev–Trinajstić information content (AvgIpc) is 2.57. The molecule has 1 heterocycles. The summed E-state index contributed by atoms with van der Waals surface area (Å²) in [6, 6.07) is 4.85. The van der Waals surface area contributed by atoms with Crippen LogP contribution in [0.1, 0.15) is 37.6 Å². The summed E-state index contributed by atoms with van der Waals surface area (Å²) in [6.45, 7) is 5.25. The molecule has 0 aliphatic rings. The van der Waals surface area contributed by atoms with Gasteiger partial charge in [-0.1, -0.05) is 25.6 Å². The topological polar surface area (TPSA) is 104 Å². The van der Waals surface area contributed by atoms with Crippen LogP contribution in [0.4, 0.5) is 15.9 Å². The Morgan fingerprint density at radius 1 is 1.27 bits per heavy atom. The fourth-order valence-corrected chi connectivity index (χ4v) is 2.79. The summed E-state index contributed by atoms with van der Waals surface area (Å²) in [5, 5.41) is 5.43. The highest BCUT2D eigenvalue weighted by Gasteiger charge is 2.17. The Labute approximate surface area is 153 Å². The number of carbonyl (C=O) groups excluding carboxylic acids is 2. The Morgan fingerprint density at radius 3 is 2.50 bits per heavy atom. The van der Waals surface area contributed by atoms with Gasteiger partial charge in [0.25, 0.3) is 11.5 Å². The normalized spacial score (nSPS) is 11.7. The standard InChI is InChI=1S/C17H19FN4O3S/c1-4-9(2)26-17-21-14(19-10(3)23)13(16(25)22-17)20-15(24)11-5-7-12(18)8-6-11/h5-9H,4H2,1-3H3,(H,20,24)(H2,19,21,22,23,25)/t9-/m0/s1. The van der Waals surface area contributed by atoms with Crippen LogP contribution in [0.15, 0.2) is 34.2 Å². The first kappa shape index (κ1) is 19.6. The Balaban J connectivity index is 2.36. The molecule has 0 bridgehead atoms. The fourth-order valence-electron chi connectivity index (χ4n) is 1.94. The number of benzene rings is 1. The summed E-state index contributed by atoms with van der Waals surface area (Å²) in [4.78, 5) is 42.9. The zero-order chi connectivity index (χ0) is 19.3. The highest BCUT2D eigenvalue weighted by molar-refractivity contribution is 7.99. The molecule has 26 heavy (non-hydrogen) atoms. The summed E-state index contributed by atoms with van der Waals surface area (Å²) in [5.74, 6) is -1.57. The Kier molecular flexibility index (Phi) is 6.51. The van der Waals surface area contributed by atoms with E-state index in [1.54, 1.807) is 0 Å². The second kappa shape index (κ2) is 8.61. The summed E-state index contributed by atoms with van der Waals surface area (Å²) in [7, 11) is 0. The van der Waals surface area contributed by atoms with Crippen LogP contribution in [0.3, 0.4) is 0 Å². The molecule has 0 saturated carbocycles. The van der Waals surface area contributed by atoms with Gasteiger partial charge in [-0.3, -0.25) is 19.4 Å². The van der Waals surface area contributed by atoms with Crippen LogP contribution in [-0.4, -0.2) is 27.0 Å². The van der Waals surface area contributed by atoms with Gasteiger partial charge in [0, 0.05) is 17.7 Å². The number of thioether (sulfide) groups is 1. The van der Waals surface area contributed by atoms with Gasteiger partial charge in [-0.15, -0.1) is 0 Å². The first-order valence-electron chi connectivity index (χ1n) is 7.95. The molecule has 0 aliphatic carbocycles. The van der Waals surface area contributed by atoms with E-state index in [1.807, 2.05) is 13.8 Å². The molecule has 2 amide bonds. The van der Waals surface area contributed by atoms with Crippen molar-refractivity contribution in [2.75, 3.05) is 10.6 Å². The zero-order valence-corrected chi connectivity index (χ0v) is 15.4. The van der Waals surface area contributed by atoms with Gasteiger partial charge in [-0.05, 0) is 30.7 Å². The van der Waals surface area contributed by atoms with Gasteiger partial charge in [-0.25, -0.2) is 9.37 Å². The van der Waals surface area contributed by atoms with Gasteiger partial charge in [0.1, 0.15) is 5.82 Å². The zero-order valence-electron chi connectivity index (χ0n) is 14.6. The molecule has 1 atom stereocenters. The van der Waals surface area contributed by atoms with Crippen molar-refractivity contribution < 1.29 is 14.0 Å². The van der Waals surface area contributed by atoms with Gasteiger partial charge in [-0.2, -0.15) is 0 Å². The van der Waals surface area contributed by atoms with E-state index in [0.717, 1.165) is 18.6 Å². The average molecular weight is 378 g/mol. The molecule has 138 valence electrons. The van der Waals surface area contributed by atoms with Crippen LogP contribution in [0.5, 0.6) is 0 Å². The summed E-state index contributed by atoms with van der Waals surface area (Å²) in [6.07, 6.45) is 0.868. The highest BCUT2D eigenvalue weighted by atomic mass is 32.2. The molecule has 2 aromatic rings. The molecule has 0 fully saturated rings. The first-order chi connectivity index (χ1) is 12.3. The number of carbonyl (C=O) groups is 2. The molecular weight excluding hydrogens is 359 g/mol. The smallest absolute Gasteiger partial charge is 0.277 e. The molecule has 7 nitrogen and oxygen atoms in total. The molecule has 0 unspecified atom stereocenters. The predicted molar refractivity (Wildman–Crippen MR) is 99.1 cm³/mol. The summed E-state index contributed by atoms with van der Waals surface area (Å²) in [5.41, 5.74) is -0.606. The van der Waals surface area contributed by atoms with Gasteiger partial charge in [0.15, 0.2) is 16.7 Å². The van der Waals surface area contributed by atoms with Crippen molar-refractivity contribution in [3.05, 3.63) is 46.0 Å². The molecule has 1 aromatic heterocycles. The van der Waals surface area contributed by atoms with Gasteiger partial charge in [0.2, 0.25) is 5.91 Å². The van der Waals surface area contributed by atoms with Crippen molar-refractivity contribution in [3.63, 3.8) is 0 Å². The lowest BCUT2D eigenvalue weighted by atomic mass is 10.2. The molecule has 9 heteroatoms. The van der Waals surface area contributed by atoms with Crippen molar-refractivity contribution in [3.8, 4) is 0 Å². The number of anilines is 2. The minimum atomic E-state index is -0.619. The van der Waals surface area contributed by atoms with Crippen molar-refractivity contribution in [1.82, 2.24) is 9.97 Å². The van der Waals surface area contributed by atoms with Gasteiger partial charge in [0.05, 0.1) is 0 Å². The lowest BCUT2D eigenvalue weighted by molar-refractivity contribution is -0.114. The van der Waals surface area contributed by atoms with Gasteiger partial charge < -0.3 is 10.6 Å². The van der Waals surface area contributed by atoms with E-state index in [0.29, 0.717) is 5.16 Å². The number of nitrogens with zero attached hydrogens (tertiary/aromatic N) is 1. The van der Waals surface area contributed by atoms with Crippen molar-refractivity contribution in [1.29, 1.82) is 0 Å². The number of hydrogen-bond donors (Lipinski definition) is 3. The van der Waals surface area contributed by atoms with E-state index in [1.165, 1.54) is 30.8 Å². The van der Waals surface area contributed by atoms with Crippen LogP contribution in [0, 0.1) is 5.82 Å². The minimum Gasteiger partial charge on any atom is -0.314 e. The number of halogens is 1. The maximum absolute atomic E-state index is 13.0.